The third kappa shape index (κ3) is 3.96. The summed E-state index contributed by atoms with van der Waals surface area (Å²) in [5.74, 6) is 1.86. The molecule has 0 amide bonds. The summed E-state index contributed by atoms with van der Waals surface area (Å²) in [4.78, 5) is 9.06. The molecule has 1 aliphatic carbocycles. The third-order valence-corrected chi connectivity index (χ3v) is 3.98. The minimum Gasteiger partial charge on any atom is -0.394 e. The van der Waals surface area contributed by atoms with Crippen molar-refractivity contribution in [1.29, 1.82) is 0 Å². The van der Waals surface area contributed by atoms with Gasteiger partial charge in [0, 0.05) is 28.2 Å². The van der Waals surface area contributed by atoms with E-state index in [1.807, 2.05) is 37.3 Å². The Bertz CT molecular complexity index is 660. The monoisotopic (exact) mass is 362 g/mol. The molecule has 0 unspecified atom stereocenters. The van der Waals surface area contributed by atoms with Gasteiger partial charge in [-0.25, -0.2) is 4.98 Å². The fourth-order valence-electron chi connectivity index (χ4n) is 2.16. The van der Waals surface area contributed by atoms with Gasteiger partial charge in [-0.3, -0.25) is 0 Å². The molecular formula is C16H19BrN4O. The zero-order valence-corrected chi connectivity index (χ0v) is 14.0. The first-order valence-electron chi connectivity index (χ1n) is 7.43. The van der Waals surface area contributed by atoms with Crippen molar-refractivity contribution in [2.45, 2.75) is 31.7 Å². The second kappa shape index (κ2) is 6.62. The molecule has 0 radical (unpaired) electrons. The minimum atomic E-state index is -0.0758. The molecule has 0 spiro atoms. The fraction of sp³-hybridized carbons (Fsp3) is 0.375. The van der Waals surface area contributed by atoms with E-state index in [4.69, 9.17) is 0 Å². The summed E-state index contributed by atoms with van der Waals surface area (Å²) < 4.78 is 1.02. The van der Waals surface area contributed by atoms with Gasteiger partial charge in [0.25, 0.3) is 0 Å². The lowest BCUT2D eigenvalue weighted by atomic mass is 10.2. The number of hydrogen-bond acceptors (Lipinski definition) is 5. The van der Waals surface area contributed by atoms with Crippen LogP contribution in [0, 0.1) is 0 Å². The SMILES string of the molecule is C[C@H](CO)Nc1nc(Nc2cccc(Br)c2)cc(C2CC2)n1. The average molecular weight is 363 g/mol. The summed E-state index contributed by atoms with van der Waals surface area (Å²) in [5.41, 5.74) is 2.02. The van der Waals surface area contributed by atoms with Crippen molar-refractivity contribution in [2.24, 2.45) is 0 Å². The predicted octanol–water partition coefficient (Wildman–Crippen LogP) is 3.65. The Morgan fingerprint density at radius 3 is 2.82 bits per heavy atom. The van der Waals surface area contributed by atoms with Crippen LogP contribution in [-0.2, 0) is 0 Å². The summed E-state index contributed by atoms with van der Waals surface area (Å²) in [6, 6.07) is 9.88. The first-order chi connectivity index (χ1) is 10.6. The number of nitrogens with zero attached hydrogens (tertiary/aromatic N) is 2. The zero-order chi connectivity index (χ0) is 15.5. The van der Waals surface area contributed by atoms with Crippen LogP contribution in [0.25, 0.3) is 0 Å². The van der Waals surface area contributed by atoms with E-state index in [-0.39, 0.29) is 12.6 Å². The summed E-state index contributed by atoms with van der Waals surface area (Å²) in [6.07, 6.45) is 2.37. The molecule has 0 saturated heterocycles. The van der Waals surface area contributed by atoms with E-state index in [1.165, 1.54) is 12.8 Å². The van der Waals surface area contributed by atoms with Crippen molar-refractivity contribution in [3.8, 4) is 0 Å². The standard InChI is InChI=1S/C16H19BrN4O/c1-10(9-22)18-16-20-14(11-5-6-11)8-15(21-16)19-13-4-2-3-12(17)7-13/h2-4,7-8,10-11,22H,5-6,9H2,1H3,(H2,18,19,20,21)/t10-/m1/s1. The zero-order valence-electron chi connectivity index (χ0n) is 12.4. The lowest BCUT2D eigenvalue weighted by molar-refractivity contribution is 0.281. The number of halogens is 1. The molecule has 2 aromatic rings. The highest BCUT2D eigenvalue weighted by atomic mass is 79.9. The van der Waals surface area contributed by atoms with E-state index in [1.54, 1.807) is 0 Å². The number of rotatable bonds is 6. The summed E-state index contributed by atoms with van der Waals surface area (Å²) in [7, 11) is 0. The number of nitrogens with one attached hydrogen (secondary N) is 2. The van der Waals surface area contributed by atoms with Crippen LogP contribution in [0.5, 0.6) is 0 Å². The number of aliphatic hydroxyl groups is 1. The van der Waals surface area contributed by atoms with Crippen LogP contribution in [0.2, 0.25) is 0 Å². The van der Waals surface area contributed by atoms with Gasteiger partial charge in [-0.15, -0.1) is 0 Å². The van der Waals surface area contributed by atoms with Gasteiger partial charge in [-0.2, -0.15) is 4.98 Å². The van der Waals surface area contributed by atoms with E-state index in [2.05, 4.69) is 36.5 Å². The van der Waals surface area contributed by atoms with Crippen LogP contribution in [0.1, 0.15) is 31.4 Å². The van der Waals surface area contributed by atoms with E-state index in [0.29, 0.717) is 11.9 Å². The molecule has 0 aliphatic heterocycles. The number of benzene rings is 1. The van der Waals surface area contributed by atoms with E-state index < -0.39 is 0 Å². The molecule has 1 aromatic carbocycles. The molecule has 1 atom stereocenters. The van der Waals surface area contributed by atoms with Gasteiger partial charge in [-0.1, -0.05) is 22.0 Å². The molecule has 1 fully saturated rings. The maximum atomic E-state index is 9.18. The minimum absolute atomic E-state index is 0.0470. The van der Waals surface area contributed by atoms with Gasteiger partial charge < -0.3 is 15.7 Å². The Morgan fingerprint density at radius 1 is 1.32 bits per heavy atom. The van der Waals surface area contributed by atoms with Gasteiger partial charge >= 0.3 is 0 Å². The van der Waals surface area contributed by atoms with Crippen LogP contribution in [0.3, 0.4) is 0 Å². The van der Waals surface area contributed by atoms with Crippen molar-refractivity contribution in [2.75, 3.05) is 17.2 Å². The van der Waals surface area contributed by atoms with Crippen LogP contribution < -0.4 is 10.6 Å². The molecule has 116 valence electrons. The van der Waals surface area contributed by atoms with E-state index in [9.17, 15) is 5.11 Å². The van der Waals surface area contributed by atoms with E-state index >= 15 is 0 Å². The fourth-order valence-corrected chi connectivity index (χ4v) is 2.56. The third-order valence-electron chi connectivity index (χ3n) is 3.49. The van der Waals surface area contributed by atoms with Crippen LogP contribution >= 0.6 is 15.9 Å². The molecule has 1 aliphatic rings. The van der Waals surface area contributed by atoms with Crippen molar-refractivity contribution in [3.05, 3.63) is 40.5 Å². The highest BCUT2D eigenvalue weighted by Gasteiger charge is 2.26. The maximum absolute atomic E-state index is 9.18. The smallest absolute Gasteiger partial charge is 0.225 e. The van der Waals surface area contributed by atoms with Gasteiger partial charge in [0.1, 0.15) is 5.82 Å². The molecule has 1 heterocycles. The summed E-state index contributed by atoms with van der Waals surface area (Å²) >= 11 is 3.47. The van der Waals surface area contributed by atoms with Gasteiger partial charge in [-0.05, 0) is 38.0 Å². The Morgan fingerprint density at radius 2 is 2.14 bits per heavy atom. The number of aromatic nitrogens is 2. The predicted molar refractivity (Wildman–Crippen MR) is 91.6 cm³/mol. The van der Waals surface area contributed by atoms with Crippen molar-refractivity contribution < 1.29 is 5.11 Å². The van der Waals surface area contributed by atoms with E-state index in [0.717, 1.165) is 21.7 Å². The van der Waals surface area contributed by atoms with Gasteiger partial charge in [0.15, 0.2) is 0 Å². The molecule has 22 heavy (non-hydrogen) atoms. The number of hydrogen-bond donors (Lipinski definition) is 3. The largest absolute Gasteiger partial charge is 0.394 e. The molecule has 6 heteroatoms. The Hall–Kier alpha value is -1.66. The van der Waals surface area contributed by atoms with Gasteiger partial charge in [0.05, 0.1) is 12.3 Å². The van der Waals surface area contributed by atoms with Crippen LogP contribution in [0.4, 0.5) is 17.5 Å². The molecule has 3 rings (SSSR count). The maximum Gasteiger partial charge on any atom is 0.225 e. The first kappa shape index (κ1) is 15.2. The highest BCUT2D eigenvalue weighted by Crippen LogP contribution is 2.40. The Kier molecular flexibility index (Phi) is 4.59. The molecule has 3 N–H and O–H groups in total. The lowest BCUT2D eigenvalue weighted by Crippen LogP contribution is -2.21. The summed E-state index contributed by atoms with van der Waals surface area (Å²) in [5, 5.41) is 15.6. The van der Waals surface area contributed by atoms with Gasteiger partial charge in [0.2, 0.25) is 5.95 Å². The van der Waals surface area contributed by atoms with Crippen LogP contribution in [-0.4, -0.2) is 27.7 Å². The Balaban J connectivity index is 1.85. The molecule has 1 aromatic heterocycles. The second-order valence-corrected chi connectivity index (χ2v) is 6.55. The summed E-state index contributed by atoms with van der Waals surface area (Å²) in [6.45, 7) is 1.94. The topological polar surface area (TPSA) is 70.1 Å². The van der Waals surface area contributed by atoms with Crippen molar-refractivity contribution in [3.63, 3.8) is 0 Å². The highest BCUT2D eigenvalue weighted by molar-refractivity contribution is 9.10. The van der Waals surface area contributed by atoms with Crippen molar-refractivity contribution in [1.82, 2.24) is 9.97 Å². The molecule has 0 bridgehead atoms. The van der Waals surface area contributed by atoms with Crippen molar-refractivity contribution >= 4 is 33.4 Å². The lowest BCUT2D eigenvalue weighted by Gasteiger charge is -2.14. The molecule has 5 nitrogen and oxygen atoms in total. The quantitative estimate of drug-likeness (QED) is 0.731. The molecule has 1 saturated carbocycles. The number of anilines is 3. The Labute approximate surface area is 138 Å². The first-order valence-corrected chi connectivity index (χ1v) is 8.22. The normalized spacial score (nSPS) is 15.4. The number of aliphatic hydroxyl groups excluding tert-OH is 1. The second-order valence-electron chi connectivity index (χ2n) is 5.64. The van der Waals surface area contributed by atoms with Crippen LogP contribution in [0.15, 0.2) is 34.8 Å². The molecular weight excluding hydrogens is 344 g/mol. The average Bonchev–Trinajstić information content (AvgIpc) is 3.31.